The van der Waals surface area contributed by atoms with E-state index < -0.39 is 0 Å². The van der Waals surface area contributed by atoms with E-state index in [0.717, 1.165) is 62.6 Å². The van der Waals surface area contributed by atoms with Crippen LogP contribution < -0.4 is 14.7 Å². The Hall–Kier alpha value is -6.91. The van der Waals surface area contributed by atoms with Gasteiger partial charge in [-0.15, -0.1) is 0 Å². The molecule has 8 aromatic rings. The van der Waals surface area contributed by atoms with E-state index in [0.29, 0.717) is 0 Å². The maximum atomic E-state index is 5.31. The van der Waals surface area contributed by atoms with E-state index in [1.165, 1.54) is 27.8 Å². The minimum absolute atomic E-state index is 0.370. The molecule has 57 heavy (non-hydrogen) atoms. The molecular formula is C53H46N4. The fourth-order valence-electron chi connectivity index (χ4n) is 8.60. The number of nitrogens with zero attached hydrogens (tertiary/aromatic N) is 4. The van der Waals surface area contributed by atoms with Crippen LogP contribution in [-0.4, -0.2) is 4.98 Å². The van der Waals surface area contributed by atoms with Gasteiger partial charge in [-0.1, -0.05) is 105 Å². The summed E-state index contributed by atoms with van der Waals surface area (Å²) in [6.45, 7) is 11.2. The van der Waals surface area contributed by atoms with Crippen molar-refractivity contribution in [2.75, 3.05) is 14.7 Å². The Labute approximate surface area is 337 Å². The fraction of sp³-hybridized carbons (Fsp3) is 0.113. The van der Waals surface area contributed by atoms with Gasteiger partial charge in [0.05, 0.1) is 28.5 Å². The smallest absolute Gasteiger partial charge is 0.0712 e. The quantitative estimate of drug-likeness (QED) is 0.155. The van der Waals surface area contributed by atoms with E-state index in [9.17, 15) is 0 Å². The highest BCUT2D eigenvalue weighted by atomic mass is 15.2. The van der Waals surface area contributed by atoms with Gasteiger partial charge in [-0.2, -0.15) is 0 Å². The first kappa shape index (κ1) is 35.8. The SMILES string of the molecule is Cc1cccc(C)c1-c1ccc(N2c3ccc(N(c4ccccc4)c4ccccc4)cc3C(C)(C)c3cc(N(c4ccccc4)c4ccccc4)ccc32)c(C)n1. The number of aromatic nitrogens is 1. The van der Waals surface area contributed by atoms with Crippen LogP contribution in [0.4, 0.5) is 51.2 Å². The fourth-order valence-corrected chi connectivity index (χ4v) is 8.60. The van der Waals surface area contributed by atoms with Crippen molar-refractivity contribution in [3.05, 3.63) is 216 Å². The van der Waals surface area contributed by atoms with Crippen LogP contribution in [0, 0.1) is 20.8 Å². The second-order valence-corrected chi connectivity index (χ2v) is 15.4. The second-order valence-electron chi connectivity index (χ2n) is 15.4. The van der Waals surface area contributed by atoms with E-state index in [-0.39, 0.29) is 5.41 Å². The third-order valence-corrected chi connectivity index (χ3v) is 11.4. The topological polar surface area (TPSA) is 22.6 Å². The Balaban J connectivity index is 1.26. The van der Waals surface area contributed by atoms with Gasteiger partial charge in [0.2, 0.25) is 0 Å². The van der Waals surface area contributed by atoms with Crippen molar-refractivity contribution in [1.82, 2.24) is 4.98 Å². The van der Waals surface area contributed by atoms with Crippen LogP contribution in [0.5, 0.6) is 0 Å². The standard InChI is InChI=1S/C53H46N4/c1-37-19-18-20-38(2)52(37)48-31-34-49(39(3)54-48)57-50-32-29-44(55(40-21-10-6-11-22-40)41-23-12-7-13-24-41)35-46(50)53(4,5)47-36-45(30-33-51(47)57)56(42-25-14-8-15-26-42)43-27-16-9-17-28-43/h6-36H,1-5H3. The lowest BCUT2D eigenvalue weighted by molar-refractivity contribution is 0.632. The largest absolute Gasteiger partial charge is 0.310 e. The van der Waals surface area contributed by atoms with Crippen molar-refractivity contribution in [2.24, 2.45) is 0 Å². The Kier molecular flexibility index (Phi) is 9.18. The van der Waals surface area contributed by atoms with Gasteiger partial charge < -0.3 is 14.7 Å². The van der Waals surface area contributed by atoms with Crippen LogP contribution in [0.2, 0.25) is 0 Å². The van der Waals surface area contributed by atoms with Crippen molar-refractivity contribution in [3.63, 3.8) is 0 Å². The van der Waals surface area contributed by atoms with Crippen molar-refractivity contribution in [2.45, 2.75) is 40.0 Å². The third kappa shape index (κ3) is 6.43. The summed E-state index contributed by atoms with van der Waals surface area (Å²) in [6.07, 6.45) is 0. The lowest BCUT2D eigenvalue weighted by atomic mass is 9.73. The summed E-state index contributed by atoms with van der Waals surface area (Å²) >= 11 is 0. The number of hydrogen-bond acceptors (Lipinski definition) is 4. The first-order valence-corrected chi connectivity index (χ1v) is 19.7. The molecule has 0 saturated heterocycles. The molecule has 0 aliphatic carbocycles. The van der Waals surface area contributed by atoms with E-state index in [1.807, 2.05) is 0 Å². The van der Waals surface area contributed by atoms with Crippen LogP contribution >= 0.6 is 0 Å². The van der Waals surface area contributed by atoms with Crippen LogP contribution in [0.3, 0.4) is 0 Å². The normalized spacial score (nSPS) is 12.8. The number of hydrogen-bond donors (Lipinski definition) is 0. The van der Waals surface area contributed by atoms with Crippen molar-refractivity contribution < 1.29 is 0 Å². The molecule has 0 atom stereocenters. The zero-order chi connectivity index (χ0) is 39.1. The van der Waals surface area contributed by atoms with E-state index in [2.05, 4.69) is 237 Å². The predicted octanol–water partition coefficient (Wildman–Crippen LogP) is 14.7. The zero-order valence-electron chi connectivity index (χ0n) is 33.2. The van der Waals surface area contributed by atoms with Gasteiger partial charge in [0.15, 0.2) is 0 Å². The molecule has 0 N–H and O–H groups in total. The maximum absolute atomic E-state index is 5.31. The summed E-state index contributed by atoms with van der Waals surface area (Å²) < 4.78 is 0. The van der Waals surface area contributed by atoms with Crippen LogP contribution in [0.25, 0.3) is 11.3 Å². The second kappa shape index (κ2) is 14.6. The number of aryl methyl sites for hydroxylation is 3. The first-order valence-electron chi connectivity index (χ1n) is 19.7. The third-order valence-electron chi connectivity index (χ3n) is 11.4. The molecule has 1 aliphatic heterocycles. The number of anilines is 9. The number of benzene rings is 7. The molecule has 0 saturated carbocycles. The van der Waals surface area contributed by atoms with Crippen LogP contribution in [0.1, 0.15) is 41.8 Å². The van der Waals surface area contributed by atoms with Gasteiger partial charge in [-0.25, -0.2) is 0 Å². The van der Waals surface area contributed by atoms with Gasteiger partial charge in [-0.3, -0.25) is 4.98 Å². The Bertz CT molecular complexity index is 2450. The Morgan fingerprint density at radius 3 is 1.18 bits per heavy atom. The summed E-state index contributed by atoms with van der Waals surface area (Å²) in [5.41, 5.74) is 17.8. The summed E-state index contributed by atoms with van der Waals surface area (Å²) in [5.74, 6) is 0. The van der Waals surface area contributed by atoms with Gasteiger partial charge >= 0.3 is 0 Å². The lowest BCUT2D eigenvalue weighted by Gasteiger charge is -2.43. The Morgan fingerprint density at radius 1 is 0.404 bits per heavy atom. The van der Waals surface area contributed by atoms with E-state index >= 15 is 0 Å². The molecule has 0 spiro atoms. The minimum Gasteiger partial charge on any atom is -0.310 e. The van der Waals surface area contributed by atoms with Crippen LogP contribution in [-0.2, 0) is 5.41 Å². The molecule has 1 aliphatic rings. The van der Waals surface area contributed by atoms with Gasteiger partial charge in [-0.05, 0) is 140 Å². The van der Waals surface area contributed by atoms with Crippen molar-refractivity contribution in [3.8, 4) is 11.3 Å². The molecule has 4 heteroatoms. The molecule has 0 amide bonds. The van der Waals surface area contributed by atoms with Gasteiger partial charge in [0, 0.05) is 45.1 Å². The summed E-state index contributed by atoms with van der Waals surface area (Å²) in [4.78, 5) is 12.5. The summed E-state index contributed by atoms with van der Waals surface area (Å²) in [5, 5.41) is 0. The molecule has 0 radical (unpaired) electrons. The molecular weight excluding hydrogens is 693 g/mol. The van der Waals surface area contributed by atoms with E-state index in [1.54, 1.807) is 0 Å². The monoisotopic (exact) mass is 738 g/mol. The molecule has 1 aromatic heterocycles. The van der Waals surface area contributed by atoms with E-state index in [4.69, 9.17) is 4.98 Å². The number of rotatable bonds is 8. The minimum atomic E-state index is -0.370. The van der Waals surface area contributed by atoms with Crippen LogP contribution in [0.15, 0.2) is 188 Å². The summed E-state index contributed by atoms with van der Waals surface area (Å²) in [6, 6.07) is 67.5. The Morgan fingerprint density at radius 2 is 0.789 bits per heavy atom. The molecule has 278 valence electrons. The molecule has 2 heterocycles. The highest BCUT2D eigenvalue weighted by Gasteiger charge is 2.39. The average molecular weight is 739 g/mol. The van der Waals surface area contributed by atoms with Gasteiger partial charge in [0.25, 0.3) is 0 Å². The molecule has 0 fully saturated rings. The lowest BCUT2D eigenvalue weighted by Crippen LogP contribution is -2.31. The molecule has 0 bridgehead atoms. The highest BCUT2D eigenvalue weighted by molar-refractivity contribution is 5.91. The van der Waals surface area contributed by atoms with Gasteiger partial charge in [0.1, 0.15) is 0 Å². The number of fused-ring (bicyclic) bond motifs is 2. The first-order chi connectivity index (χ1) is 27.8. The highest BCUT2D eigenvalue weighted by Crippen LogP contribution is 2.55. The number of pyridine rings is 1. The number of para-hydroxylation sites is 4. The van der Waals surface area contributed by atoms with Crippen molar-refractivity contribution >= 4 is 51.2 Å². The molecule has 7 aromatic carbocycles. The molecule has 0 unspecified atom stereocenters. The summed E-state index contributed by atoms with van der Waals surface area (Å²) in [7, 11) is 0. The predicted molar refractivity (Wildman–Crippen MR) is 240 cm³/mol. The zero-order valence-corrected chi connectivity index (χ0v) is 33.2. The maximum Gasteiger partial charge on any atom is 0.0712 e. The molecule has 4 nitrogen and oxygen atoms in total. The van der Waals surface area contributed by atoms with Crippen molar-refractivity contribution in [1.29, 1.82) is 0 Å². The molecule has 9 rings (SSSR count). The average Bonchev–Trinajstić information content (AvgIpc) is 3.24.